The van der Waals surface area contributed by atoms with Crippen molar-refractivity contribution in [1.29, 1.82) is 0 Å². The minimum Gasteiger partial charge on any atom is -0.481 e. The van der Waals surface area contributed by atoms with Gasteiger partial charge in [0.05, 0.1) is 0 Å². The third kappa shape index (κ3) is 4.47. The second-order valence-electron chi connectivity index (χ2n) is 6.47. The van der Waals surface area contributed by atoms with Gasteiger partial charge in [0, 0.05) is 12.6 Å². The minimum absolute atomic E-state index is 0.0562. The SMILES string of the molecule is Cc1cc(OC(C)C(=O)NCC2CCCN2)ccc1C(C)C. The molecule has 2 atom stereocenters. The van der Waals surface area contributed by atoms with E-state index < -0.39 is 6.10 Å². The molecule has 1 aliphatic heterocycles. The fourth-order valence-electron chi connectivity index (χ4n) is 2.93. The molecule has 22 heavy (non-hydrogen) atoms. The Morgan fingerprint density at radius 1 is 1.41 bits per heavy atom. The van der Waals surface area contributed by atoms with Crippen molar-refractivity contribution < 1.29 is 9.53 Å². The predicted octanol–water partition coefficient (Wildman–Crippen LogP) is 2.75. The Kier molecular flexibility index (Phi) is 5.83. The second-order valence-corrected chi connectivity index (χ2v) is 6.47. The number of benzene rings is 1. The van der Waals surface area contributed by atoms with Gasteiger partial charge in [0.2, 0.25) is 0 Å². The molecule has 2 N–H and O–H groups in total. The molecule has 0 bridgehead atoms. The molecule has 122 valence electrons. The first-order valence-electron chi connectivity index (χ1n) is 8.25. The van der Waals surface area contributed by atoms with Crippen molar-refractivity contribution in [3.05, 3.63) is 29.3 Å². The van der Waals surface area contributed by atoms with Crippen molar-refractivity contribution in [2.24, 2.45) is 0 Å². The van der Waals surface area contributed by atoms with E-state index in [1.165, 1.54) is 17.5 Å². The van der Waals surface area contributed by atoms with Crippen LogP contribution in [0, 0.1) is 6.92 Å². The maximum atomic E-state index is 12.1. The van der Waals surface area contributed by atoms with Gasteiger partial charge >= 0.3 is 0 Å². The molecule has 0 spiro atoms. The van der Waals surface area contributed by atoms with Crippen LogP contribution in [0.15, 0.2) is 18.2 Å². The molecule has 2 rings (SSSR count). The molecule has 1 amide bonds. The topological polar surface area (TPSA) is 50.4 Å². The first kappa shape index (κ1) is 16.8. The van der Waals surface area contributed by atoms with Crippen LogP contribution in [0.25, 0.3) is 0 Å². The molecule has 2 unspecified atom stereocenters. The summed E-state index contributed by atoms with van der Waals surface area (Å²) < 4.78 is 5.77. The third-order valence-corrected chi connectivity index (χ3v) is 4.23. The van der Waals surface area contributed by atoms with Crippen LogP contribution in [0.2, 0.25) is 0 Å². The Hall–Kier alpha value is -1.55. The number of amides is 1. The van der Waals surface area contributed by atoms with Crippen molar-refractivity contribution in [3.8, 4) is 5.75 Å². The highest BCUT2D eigenvalue weighted by molar-refractivity contribution is 5.80. The van der Waals surface area contributed by atoms with Crippen LogP contribution in [0.5, 0.6) is 5.75 Å². The number of hydrogen-bond acceptors (Lipinski definition) is 3. The van der Waals surface area contributed by atoms with E-state index in [1.807, 2.05) is 12.1 Å². The summed E-state index contributed by atoms with van der Waals surface area (Å²) in [6, 6.07) is 6.45. The first-order valence-corrected chi connectivity index (χ1v) is 8.25. The number of hydrogen-bond donors (Lipinski definition) is 2. The van der Waals surface area contributed by atoms with Crippen molar-refractivity contribution in [2.75, 3.05) is 13.1 Å². The van der Waals surface area contributed by atoms with Crippen LogP contribution >= 0.6 is 0 Å². The summed E-state index contributed by atoms with van der Waals surface area (Å²) in [4.78, 5) is 12.1. The molecule has 1 aliphatic rings. The average Bonchev–Trinajstić information content (AvgIpc) is 2.97. The molecule has 0 aromatic heterocycles. The minimum atomic E-state index is -0.481. The van der Waals surface area contributed by atoms with Crippen molar-refractivity contribution in [2.45, 2.75) is 58.6 Å². The van der Waals surface area contributed by atoms with E-state index >= 15 is 0 Å². The van der Waals surface area contributed by atoms with Gasteiger partial charge < -0.3 is 15.4 Å². The molecule has 0 saturated carbocycles. The summed E-state index contributed by atoms with van der Waals surface area (Å²) >= 11 is 0. The smallest absolute Gasteiger partial charge is 0.260 e. The Bertz CT molecular complexity index is 508. The Morgan fingerprint density at radius 3 is 2.77 bits per heavy atom. The van der Waals surface area contributed by atoms with Crippen LogP contribution in [-0.4, -0.2) is 31.1 Å². The Balaban J connectivity index is 1.86. The fourth-order valence-corrected chi connectivity index (χ4v) is 2.93. The lowest BCUT2D eigenvalue weighted by molar-refractivity contribution is -0.127. The Morgan fingerprint density at radius 2 is 2.18 bits per heavy atom. The van der Waals surface area contributed by atoms with Gasteiger partial charge in [0.1, 0.15) is 5.75 Å². The molecule has 1 fully saturated rings. The van der Waals surface area contributed by atoms with Gasteiger partial charge in [-0.15, -0.1) is 0 Å². The largest absolute Gasteiger partial charge is 0.481 e. The van der Waals surface area contributed by atoms with Gasteiger partial charge in [0.25, 0.3) is 5.91 Å². The Labute approximate surface area is 133 Å². The van der Waals surface area contributed by atoms with Crippen LogP contribution in [0.3, 0.4) is 0 Å². The van der Waals surface area contributed by atoms with Crippen molar-refractivity contribution in [3.63, 3.8) is 0 Å². The molecular formula is C18H28N2O2. The number of carbonyl (C=O) groups is 1. The van der Waals surface area contributed by atoms with Crippen LogP contribution in [-0.2, 0) is 4.79 Å². The molecule has 1 saturated heterocycles. The van der Waals surface area contributed by atoms with E-state index in [-0.39, 0.29) is 5.91 Å². The molecule has 1 aromatic carbocycles. The van der Waals surface area contributed by atoms with E-state index in [1.54, 1.807) is 6.92 Å². The van der Waals surface area contributed by atoms with E-state index in [0.717, 1.165) is 18.7 Å². The van der Waals surface area contributed by atoms with E-state index in [0.29, 0.717) is 18.5 Å². The standard InChI is InChI=1S/C18H28N2O2/c1-12(2)17-8-7-16(10-13(17)3)22-14(4)18(21)20-11-15-6-5-9-19-15/h7-8,10,12,14-15,19H,5-6,9,11H2,1-4H3,(H,20,21). The molecule has 1 heterocycles. The zero-order valence-electron chi connectivity index (χ0n) is 14.1. The maximum absolute atomic E-state index is 12.1. The zero-order valence-corrected chi connectivity index (χ0v) is 14.1. The van der Waals surface area contributed by atoms with Crippen LogP contribution < -0.4 is 15.4 Å². The summed E-state index contributed by atoms with van der Waals surface area (Å²) in [6.45, 7) is 9.96. The maximum Gasteiger partial charge on any atom is 0.260 e. The van der Waals surface area contributed by atoms with Crippen molar-refractivity contribution in [1.82, 2.24) is 10.6 Å². The lowest BCUT2D eigenvalue weighted by atomic mass is 9.98. The third-order valence-electron chi connectivity index (χ3n) is 4.23. The number of nitrogens with one attached hydrogen (secondary N) is 2. The lowest BCUT2D eigenvalue weighted by Gasteiger charge is -2.18. The molecule has 1 aromatic rings. The van der Waals surface area contributed by atoms with Crippen molar-refractivity contribution >= 4 is 5.91 Å². The normalized spacial score (nSPS) is 19.2. The summed E-state index contributed by atoms with van der Waals surface area (Å²) in [5, 5.41) is 6.33. The summed E-state index contributed by atoms with van der Waals surface area (Å²) in [7, 11) is 0. The summed E-state index contributed by atoms with van der Waals surface area (Å²) in [5.74, 6) is 1.19. The predicted molar refractivity (Wildman–Crippen MR) is 89.4 cm³/mol. The highest BCUT2D eigenvalue weighted by Crippen LogP contribution is 2.24. The fraction of sp³-hybridized carbons (Fsp3) is 0.611. The highest BCUT2D eigenvalue weighted by atomic mass is 16.5. The zero-order chi connectivity index (χ0) is 16.1. The monoisotopic (exact) mass is 304 g/mol. The van der Waals surface area contributed by atoms with Gasteiger partial charge in [-0.1, -0.05) is 19.9 Å². The van der Waals surface area contributed by atoms with E-state index in [2.05, 4.69) is 37.5 Å². The molecule has 0 radical (unpaired) electrons. The lowest BCUT2D eigenvalue weighted by Crippen LogP contribution is -2.42. The van der Waals surface area contributed by atoms with Crippen LogP contribution in [0.4, 0.5) is 0 Å². The molecular weight excluding hydrogens is 276 g/mol. The van der Waals surface area contributed by atoms with E-state index in [9.17, 15) is 4.79 Å². The quantitative estimate of drug-likeness (QED) is 0.849. The van der Waals surface area contributed by atoms with Crippen LogP contribution in [0.1, 0.15) is 50.7 Å². The summed E-state index contributed by atoms with van der Waals surface area (Å²) in [5.41, 5.74) is 2.52. The summed E-state index contributed by atoms with van der Waals surface area (Å²) in [6.07, 6.45) is 1.84. The van der Waals surface area contributed by atoms with E-state index in [4.69, 9.17) is 4.74 Å². The number of aryl methyl sites for hydroxylation is 1. The number of ether oxygens (including phenoxy) is 1. The molecule has 4 heteroatoms. The second kappa shape index (κ2) is 7.63. The van der Waals surface area contributed by atoms with Gasteiger partial charge in [-0.2, -0.15) is 0 Å². The van der Waals surface area contributed by atoms with Gasteiger partial charge in [-0.25, -0.2) is 0 Å². The highest BCUT2D eigenvalue weighted by Gasteiger charge is 2.19. The number of carbonyl (C=O) groups excluding carboxylic acids is 1. The van der Waals surface area contributed by atoms with Gasteiger partial charge in [-0.05, 0) is 62.4 Å². The average molecular weight is 304 g/mol. The molecule has 0 aliphatic carbocycles. The number of rotatable bonds is 6. The first-order chi connectivity index (χ1) is 10.5. The van der Waals surface area contributed by atoms with Gasteiger partial charge in [0.15, 0.2) is 6.10 Å². The molecule has 4 nitrogen and oxygen atoms in total. The van der Waals surface area contributed by atoms with Gasteiger partial charge in [-0.3, -0.25) is 4.79 Å².